The first kappa shape index (κ1) is 15.2. The van der Waals surface area contributed by atoms with Gasteiger partial charge in [0.1, 0.15) is 5.25 Å². The van der Waals surface area contributed by atoms with Crippen molar-refractivity contribution in [2.45, 2.75) is 30.3 Å². The van der Waals surface area contributed by atoms with E-state index >= 15 is 0 Å². The van der Waals surface area contributed by atoms with Gasteiger partial charge in [-0.15, -0.1) is 0 Å². The zero-order chi connectivity index (χ0) is 16.7. The lowest BCUT2D eigenvalue weighted by atomic mass is 10.1. The minimum absolute atomic E-state index is 0.0675. The van der Waals surface area contributed by atoms with Gasteiger partial charge in [-0.2, -0.15) is 0 Å². The molecule has 0 aliphatic carbocycles. The molecule has 0 saturated carbocycles. The number of cyclic esters (lactones) is 1. The van der Waals surface area contributed by atoms with E-state index in [1.165, 1.54) is 11.8 Å². The Morgan fingerprint density at radius 3 is 2.67 bits per heavy atom. The SMILES string of the molecule is CCn1c(S[C@@H]2CCOC2=O)nc2cc3ccccc3cc2c1=O. The molecule has 2 aromatic carbocycles. The number of carbonyl (C=O) groups is 1. The first-order valence-electron chi connectivity index (χ1n) is 7.94. The van der Waals surface area contributed by atoms with Crippen LogP contribution in [0.4, 0.5) is 0 Å². The van der Waals surface area contributed by atoms with Gasteiger partial charge in [0.25, 0.3) is 5.56 Å². The van der Waals surface area contributed by atoms with Gasteiger partial charge < -0.3 is 4.74 Å². The molecule has 0 spiro atoms. The molecule has 1 aliphatic rings. The molecular formula is C18H16N2O3S. The van der Waals surface area contributed by atoms with Crippen molar-refractivity contribution in [2.75, 3.05) is 6.61 Å². The monoisotopic (exact) mass is 340 g/mol. The largest absolute Gasteiger partial charge is 0.465 e. The van der Waals surface area contributed by atoms with Crippen LogP contribution in [0, 0.1) is 0 Å². The van der Waals surface area contributed by atoms with Crippen molar-refractivity contribution < 1.29 is 9.53 Å². The van der Waals surface area contributed by atoms with Gasteiger partial charge in [-0.3, -0.25) is 14.2 Å². The van der Waals surface area contributed by atoms with Crippen LogP contribution in [0.3, 0.4) is 0 Å². The molecule has 1 saturated heterocycles. The second-order valence-electron chi connectivity index (χ2n) is 5.72. The molecule has 0 unspecified atom stereocenters. The number of hydrogen-bond acceptors (Lipinski definition) is 5. The predicted octanol–water partition coefficient (Wildman–Crippen LogP) is 2.98. The first-order valence-corrected chi connectivity index (χ1v) is 8.82. The van der Waals surface area contributed by atoms with Gasteiger partial charge in [-0.1, -0.05) is 36.0 Å². The second-order valence-corrected chi connectivity index (χ2v) is 6.89. The zero-order valence-electron chi connectivity index (χ0n) is 13.2. The molecule has 0 radical (unpaired) electrons. The topological polar surface area (TPSA) is 61.2 Å². The Labute approximate surface area is 142 Å². The van der Waals surface area contributed by atoms with Gasteiger partial charge in [-0.25, -0.2) is 4.98 Å². The molecule has 1 aliphatic heterocycles. The van der Waals surface area contributed by atoms with Gasteiger partial charge >= 0.3 is 5.97 Å². The number of esters is 1. The number of ether oxygens (including phenoxy) is 1. The number of aromatic nitrogens is 2. The van der Waals surface area contributed by atoms with Crippen molar-refractivity contribution in [2.24, 2.45) is 0 Å². The molecule has 1 atom stereocenters. The van der Waals surface area contributed by atoms with Crippen molar-refractivity contribution in [1.82, 2.24) is 9.55 Å². The van der Waals surface area contributed by atoms with Crippen LogP contribution in [-0.4, -0.2) is 27.4 Å². The summed E-state index contributed by atoms with van der Waals surface area (Å²) in [6, 6.07) is 11.7. The molecule has 2 heterocycles. The summed E-state index contributed by atoms with van der Waals surface area (Å²) in [7, 11) is 0. The van der Waals surface area contributed by atoms with E-state index in [0.29, 0.717) is 35.6 Å². The molecule has 24 heavy (non-hydrogen) atoms. The summed E-state index contributed by atoms with van der Waals surface area (Å²) in [6.07, 6.45) is 0.652. The maximum absolute atomic E-state index is 12.9. The highest BCUT2D eigenvalue weighted by atomic mass is 32.2. The standard InChI is InChI=1S/C18H16N2O3S/c1-2-20-16(21)13-9-11-5-3-4-6-12(11)10-14(13)19-18(20)24-15-7-8-23-17(15)22/h3-6,9-10,15H,2,7-8H2,1H3/t15-/m1/s1. The van der Waals surface area contributed by atoms with Crippen LogP contribution < -0.4 is 5.56 Å². The summed E-state index contributed by atoms with van der Waals surface area (Å²) >= 11 is 1.32. The Bertz CT molecular complexity index is 1010. The van der Waals surface area contributed by atoms with Gasteiger partial charge in [0.05, 0.1) is 17.5 Å². The fraction of sp³-hybridized carbons (Fsp3) is 0.278. The Hall–Kier alpha value is -2.34. The van der Waals surface area contributed by atoms with Crippen LogP contribution in [0.25, 0.3) is 21.7 Å². The third-order valence-electron chi connectivity index (χ3n) is 4.24. The Morgan fingerprint density at radius 2 is 2.00 bits per heavy atom. The van der Waals surface area contributed by atoms with Crippen LogP contribution in [0.2, 0.25) is 0 Å². The highest BCUT2D eigenvalue weighted by molar-refractivity contribution is 8.00. The summed E-state index contributed by atoms with van der Waals surface area (Å²) in [5.74, 6) is -0.226. The van der Waals surface area contributed by atoms with Gasteiger partial charge in [-0.05, 0) is 29.8 Å². The number of nitrogens with zero attached hydrogens (tertiary/aromatic N) is 2. The molecule has 0 N–H and O–H groups in total. The maximum Gasteiger partial charge on any atom is 0.319 e. The summed E-state index contributed by atoms with van der Waals surface area (Å²) in [6.45, 7) is 2.86. The lowest BCUT2D eigenvalue weighted by Gasteiger charge is -2.13. The second kappa shape index (κ2) is 5.94. The number of thioether (sulfide) groups is 1. The van der Waals surface area contributed by atoms with Crippen molar-refractivity contribution in [3.05, 3.63) is 46.8 Å². The zero-order valence-corrected chi connectivity index (χ0v) is 14.0. The van der Waals surface area contributed by atoms with E-state index in [1.807, 2.05) is 43.3 Å². The molecule has 1 fully saturated rings. The fourth-order valence-electron chi connectivity index (χ4n) is 2.97. The summed E-state index contributed by atoms with van der Waals surface area (Å²) < 4.78 is 6.64. The summed E-state index contributed by atoms with van der Waals surface area (Å²) in [5.41, 5.74) is 0.597. The molecule has 122 valence electrons. The minimum atomic E-state index is -0.285. The summed E-state index contributed by atoms with van der Waals surface area (Å²) in [5, 5.41) is 2.96. The molecule has 1 aromatic heterocycles. The third kappa shape index (κ3) is 2.47. The normalized spacial score (nSPS) is 17.5. The van der Waals surface area contributed by atoms with Crippen molar-refractivity contribution >= 4 is 39.4 Å². The van der Waals surface area contributed by atoms with E-state index in [4.69, 9.17) is 4.74 Å². The van der Waals surface area contributed by atoms with Crippen molar-refractivity contribution in [1.29, 1.82) is 0 Å². The average Bonchev–Trinajstić information content (AvgIpc) is 2.99. The number of rotatable bonds is 3. The average molecular weight is 340 g/mol. The van der Waals surface area contributed by atoms with Gasteiger partial charge in [0.2, 0.25) is 0 Å². The van der Waals surface area contributed by atoms with E-state index in [-0.39, 0.29) is 16.8 Å². The number of fused-ring (bicyclic) bond motifs is 2. The van der Waals surface area contributed by atoms with Gasteiger partial charge in [0.15, 0.2) is 5.16 Å². The van der Waals surface area contributed by atoms with Crippen molar-refractivity contribution in [3.8, 4) is 0 Å². The van der Waals surface area contributed by atoms with E-state index in [9.17, 15) is 9.59 Å². The number of hydrogen-bond donors (Lipinski definition) is 0. The number of carbonyl (C=O) groups excluding carboxylic acids is 1. The Morgan fingerprint density at radius 1 is 1.25 bits per heavy atom. The fourth-order valence-corrected chi connectivity index (χ4v) is 4.09. The van der Waals surface area contributed by atoms with Crippen LogP contribution in [-0.2, 0) is 16.1 Å². The third-order valence-corrected chi connectivity index (χ3v) is 5.47. The molecule has 5 nitrogen and oxygen atoms in total. The summed E-state index contributed by atoms with van der Waals surface area (Å²) in [4.78, 5) is 29.3. The lowest BCUT2D eigenvalue weighted by molar-refractivity contribution is -0.137. The quantitative estimate of drug-likeness (QED) is 0.417. The van der Waals surface area contributed by atoms with E-state index in [2.05, 4.69) is 4.98 Å². The van der Waals surface area contributed by atoms with Crippen LogP contribution in [0.1, 0.15) is 13.3 Å². The Kier molecular flexibility index (Phi) is 3.76. The van der Waals surface area contributed by atoms with Crippen LogP contribution in [0.15, 0.2) is 46.3 Å². The van der Waals surface area contributed by atoms with E-state index in [1.54, 1.807) is 4.57 Å². The molecule has 4 rings (SSSR count). The molecule has 0 bridgehead atoms. The van der Waals surface area contributed by atoms with Crippen LogP contribution >= 0.6 is 11.8 Å². The van der Waals surface area contributed by atoms with E-state index < -0.39 is 0 Å². The molecule has 3 aromatic rings. The lowest BCUT2D eigenvalue weighted by Crippen LogP contribution is -2.24. The van der Waals surface area contributed by atoms with E-state index in [0.717, 1.165) is 10.8 Å². The molecule has 6 heteroatoms. The number of benzene rings is 2. The smallest absolute Gasteiger partial charge is 0.319 e. The minimum Gasteiger partial charge on any atom is -0.465 e. The molecule has 0 amide bonds. The Balaban J connectivity index is 1.91. The molecular weight excluding hydrogens is 324 g/mol. The highest BCUT2D eigenvalue weighted by Gasteiger charge is 2.29. The van der Waals surface area contributed by atoms with Crippen molar-refractivity contribution in [3.63, 3.8) is 0 Å². The van der Waals surface area contributed by atoms with Gasteiger partial charge in [0, 0.05) is 13.0 Å². The predicted molar refractivity (Wildman–Crippen MR) is 94.4 cm³/mol. The maximum atomic E-state index is 12.9. The van der Waals surface area contributed by atoms with Crippen LogP contribution in [0.5, 0.6) is 0 Å². The highest BCUT2D eigenvalue weighted by Crippen LogP contribution is 2.29. The first-order chi connectivity index (χ1) is 11.7.